The summed E-state index contributed by atoms with van der Waals surface area (Å²) in [5, 5.41) is 13.0. The maximum Gasteiger partial charge on any atom is 0.319 e. The summed E-state index contributed by atoms with van der Waals surface area (Å²) in [5.74, 6) is 0. The number of nitrogens with one attached hydrogen (secondary N) is 2. The quantitative estimate of drug-likeness (QED) is 0.800. The van der Waals surface area contributed by atoms with E-state index in [2.05, 4.69) is 20.8 Å². The number of carbonyl (C=O) groups excluding carboxylic acids is 1. The van der Waals surface area contributed by atoms with Crippen LogP contribution >= 0.6 is 0 Å². The summed E-state index contributed by atoms with van der Waals surface area (Å²) < 4.78 is 0. The molecule has 0 radical (unpaired) electrons. The molecule has 1 heterocycles. The Morgan fingerprint density at radius 2 is 2.06 bits per heavy atom. The molecule has 0 bridgehead atoms. The van der Waals surface area contributed by atoms with Crippen molar-refractivity contribution in [2.75, 3.05) is 5.32 Å². The van der Waals surface area contributed by atoms with Crippen molar-refractivity contribution in [3.05, 3.63) is 18.5 Å². The second kappa shape index (κ2) is 5.44. The summed E-state index contributed by atoms with van der Waals surface area (Å²) >= 11 is 0. The lowest BCUT2D eigenvalue weighted by atomic mass is 9.96. The van der Waals surface area contributed by atoms with Gasteiger partial charge in [-0.05, 0) is 18.9 Å². The zero-order valence-electron chi connectivity index (χ0n) is 9.15. The number of hydrogen-bond donors (Lipinski definition) is 2. The summed E-state index contributed by atoms with van der Waals surface area (Å²) in [7, 11) is 0. The van der Waals surface area contributed by atoms with E-state index in [0.717, 1.165) is 12.8 Å². The molecule has 5 heteroatoms. The van der Waals surface area contributed by atoms with Crippen molar-refractivity contribution >= 4 is 11.7 Å². The molecule has 1 saturated carbocycles. The van der Waals surface area contributed by atoms with Gasteiger partial charge in [0.05, 0.1) is 18.1 Å². The number of anilines is 1. The molecule has 0 atom stereocenters. The van der Waals surface area contributed by atoms with Crippen LogP contribution < -0.4 is 10.6 Å². The van der Waals surface area contributed by atoms with Crippen molar-refractivity contribution in [1.29, 1.82) is 0 Å². The van der Waals surface area contributed by atoms with Crippen molar-refractivity contribution in [3.63, 3.8) is 0 Å². The number of rotatable bonds is 2. The van der Waals surface area contributed by atoms with Crippen LogP contribution in [0.2, 0.25) is 0 Å². The molecule has 1 aromatic heterocycles. The molecule has 2 amide bonds. The van der Waals surface area contributed by atoms with Gasteiger partial charge in [0.25, 0.3) is 0 Å². The van der Waals surface area contributed by atoms with Crippen LogP contribution in [0, 0.1) is 0 Å². The van der Waals surface area contributed by atoms with E-state index < -0.39 is 0 Å². The SMILES string of the molecule is O=C(Nc1ccnnc1)NC1CCCCC1. The third kappa shape index (κ3) is 3.18. The summed E-state index contributed by atoms with van der Waals surface area (Å²) in [6, 6.07) is 1.89. The minimum absolute atomic E-state index is 0.153. The van der Waals surface area contributed by atoms with Gasteiger partial charge in [-0.2, -0.15) is 10.2 Å². The molecule has 5 nitrogen and oxygen atoms in total. The maximum absolute atomic E-state index is 11.6. The highest BCUT2D eigenvalue weighted by Gasteiger charge is 2.15. The summed E-state index contributed by atoms with van der Waals surface area (Å²) in [6.45, 7) is 0. The molecule has 2 N–H and O–H groups in total. The normalized spacial score (nSPS) is 16.8. The average Bonchev–Trinajstić information content (AvgIpc) is 2.31. The van der Waals surface area contributed by atoms with Gasteiger partial charge in [0.2, 0.25) is 0 Å². The zero-order chi connectivity index (χ0) is 11.2. The molecule has 16 heavy (non-hydrogen) atoms. The molecule has 0 unspecified atom stereocenters. The standard InChI is InChI=1S/C11H16N4O/c16-11(14-9-4-2-1-3-5-9)15-10-6-7-12-13-8-10/h6-9H,1-5H2,(H2,12,14,15,16). The predicted molar refractivity (Wildman–Crippen MR) is 61.1 cm³/mol. The van der Waals surface area contributed by atoms with Crippen molar-refractivity contribution < 1.29 is 4.79 Å². The van der Waals surface area contributed by atoms with Crippen LogP contribution in [-0.4, -0.2) is 22.3 Å². The first-order valence-corrected chi connectivity index (χ1v) is 5.69. The van der Waals surface area contributed by atoms with Gasteiger partial charge in [-0.1, -0.05) is 19.3 Å². The van der Waals surface area contributed by atoms with Crippen LogP contribution in [0.15, 0.2) is 18.5 Å². The van der Waals surface area contributed by atoms with Crippen LogP contribution in [0.1, 0.15) is 32.1 Å². The Balaban J connectivity index is 1.80. The molecule has 1 aliphatic rings. The van der Waals surface area contributed by atoms with Crippen LogP contribution in [0.4, 0.5) is 10.5 Å². The van der Waals surface area contributed by atoms with Crippen molar-refractivity contribution in [2.45, 2.75) is 38.1 Å². The minimum atomic E-state index is -0.153. The lowest BCUT2D eigenvalue weighted by Gasteiger charge is -2.22. The maximum atomic E-state index is 11.6. The fourth-order valence-electron chi connectivity index (χ4n) is 1.96. The molecule has 2 rings (SSSR count). The molecule has 0 aliphatic heterocycles. The number of nitrogens with zero attached hydrogens (tertiary/aromatic N) is 2. The summed E-state index contributed by atoms with van der Waals surface area (Å²) in [4.78, 5) is 11.6. The van der Waals surface area contributed by atoms with E-state index in [0.29, 0.717) is 11.7 Å². The highest BCUT2D eigenvalue weighted by Crippen LogP contribution is 2.17. The third-order valence-corrected chi connectivity index (χ3v) is 2.78. The minimum Gasteiger partial charge on any atom is -0.335 e. The van der Waals surface area contributed by atoms with Gasteiger partial charge in [0, 0.05) is 6.04 Å². The average molecular weight is 220 g/mol. The van der Waals surface area contributed by atoms with E-state index >= 15 is 0 Å². The second-order valence-corrected chi connectivity index (χ2v) is 4.06. The van der Waals surface area contributed by atoms with E-state index in [9.17, 15) is 4.79 Å². The van der Waals surface area contributed by atoms with Gasteiger partial charge in [-0.15, -0.1) is 0 Å². The lowest BCUT2D eigenvalue weighted by molar-refractivity contribution is 0.244. The molecule has 0 spiro atoms. The van der Waals surface area contributed by atoms with E-state index in [1.54, 1.807) is 12.3 Å². The highest BCUT2D eigenvalue weighted by molar-refractivity contribution is 5.89. The third-order valence-electron chi connectivity index (χ3n) is 2.78. The van der Waals surface area contributed by atoms with Crippen LogP contribution in [0.25, 0.3) is 0 Å². The molecule has 0 saturated heterocycles. The Labute approximate surface area is 94.6 Å². The second-order valence-electron chi connectivity index (χ2n) is 4.06. The number of hydrogen-bond acceptors (Lipinski definition) is 3. The number of aromatic nitrogens is 2. The molecule has 1 aliphatic carbocycles. The topological polar surface area (TPSA) is 66.9 Å². The Kier molecular flexibility index (Phi) is 3.69. The van der Waals surface area contributed by atoms with E-state index in [1.807, 2.05) is 0 Å². The molecule has 0 aromatic carbocycles. The zero-order valence-corrected chi connectivity index (χ0v) is 9.15. The van der Waals surface area contributed by atoms with Crippen molar-refractivity contribution in [1.82, 2.24) is 15.5 Å². The molecular formula is C11H16N4O. The molecule has 86 valence electrons. The van der Waals surface area contributed by atoms with Gasteiger partial charge in [-0.3, -0.25) is 0 Å². The Bertz CT molecular complexity index is 335. The van der Waals surface area contributed by atoms with Gasteiger partial charge in [-0.25, -0.2) is 4.79 Å². The van der Waals surface area contributed by atoms with E-state index in [1.165, 1.54) is 25.5 Å². The molecule has 1 fully saturated rings. The first-order valence-electron chi connectivity index (χ1n) is 5.69. The predicted octanol–water partition coefficient (Wildman–Crippen LogP) is 1.93. The first-order chi connectivity index (χ1) is 7.84. The van der Waals surface area contributed by atoms with Crippen LogP contribution in [0.3, 0.4) is 0 Å². The lowest BCUT2D eigenvalue weighted by Crippen LogP contribution is -2.39. The number of urea groups is 1. The summed E-state index contributed by atoms with van der Waals surface area (Å²) in [5.41, 5.74) is 0.670. The van der Waals surface area contributed by atoms with Crippen molar-refractivity contribution in [3.8, 4) is 0 Å². The Morgan fingerprint density at radius 3 is 2.75 bits per heavy atom. The number of amides is 2. The van der Waals surface area contributed by atoms with Gasteiger partial charge < -0.3 is 10.6 Å². The van der Waals surface area contributed by atoms with E-state index in [-0.39, 0.29) is 6.03 Å². The fourth-order valence-corrected chi connectivity index (χ4v) is 1.96. The van der Waals surface area contributed by atoms with E-state index in [4.69, 9.17) is 0 Å². The number of carbonyl (C=O) groups is 1. The Morgan fingerprint density at radius 1 is 1.25 bits per heavy atom. The highest BCUT2D eigenvalue weighted by atomic mass is 16.2. The van der Waals surface area contributed by atoms with Gasteiger partial charge in [0.15, 0.2) is 0 Å². The van der Waals surface area contributed by atoms with Gasteiger partial charge in [0.1, 0.15) is 0 Å². The van der Waals surface area contributed by atoms with Gasteiger partial charge >= 0.3 is 6.03 Å². The molecule has 1 aromatic rings. The Hall–Kier alpha value is -1.65. The van der Waals surface area contributed by atoms with Crippen LogP contribution in [-0.2, 0) is 0 Å². The smallest absolute Gasteiger partial charge is 0.319 e. The fraction of sp³-hybridized carbons (Fsp3) is 0.545. The van der Waals surface area contributed by atoms with Crippen molar-refractivity contribution in [2.24, 2.45) is 0 Å². The summed E-state index contributed by atoms with van der Waals surface area (Å²) in [6.07, 6.45) is 8.96. The van der Waals surface area contributed by atoms with Crippen LogP contribution in [0.5, 0.6) is 0 Å². The first kappa shape index (κ1) is 10.9. The molecular weight excluding hydrogens is 204 g/mol. The largest absolute Gasteiger partial charge is 0.335 e. The monoisotopic (exact) mass is 220 g/mol.